The topological polar surface area (TPSA) is 94.0 Å². The molecule has 6 heteroatoms. The fourth-order valence-electron chi connectivity index (χ4n) is 2.47. The predicted octanol–water partition coefficient (Wildman–Crippen LogP) is 2.77. The fourth-order valence-corrected chi connectivity index (χ4v) is 2.47. The zero-order valence-electron chi connectivity index (χ0n) is 13.5. The van der Waals surface area contributed by atoms with Crippen molar-refractivity contribution in [1.82, 2.24) is 14.8 Å². The lowest BCUT2D eigenvalue weighted by Crippen LogP contribution is -2.16. The second-order valence-corrected chi connectivity index (χ2v) is 5.45. The highest BCUT2D eigenvalue weighted by Gasteiger charge is 2.15. The standard InChI is InChI=1S/C19H18N4O2/c20-9-11-23-18(19(24)25)13-17(22-23)15-8-10-21-16(12-15)7-6-14-4-2-1-3-5-14/h1-8,10,12-13H,9,11,20H2,(H,24,25). The van der Waals surface area contributed by atoms with E-state index in [1.807, 2.05) is 48.6 Å². The molecule has 0 atom stereocenters. The van der Waals surface area contributed by atoms with Crippen molar-refractivity contribution in [2.75, 3.05) is 6.54 Å². The Morgan fingerprint density at radius 2 is 1.96 bits per heavy atom. The Morgan fingerprint density at radius 1 is 1.16 bits per heavy atom. The summed E-state index contributed by atoms with van der Waals surface area (Å²) in [5.41, 5.74) is 8.89. The van der Waals surface area contributed by atoms with E-state index < -0.39 is 5.97 Å². The quantitative estimate of drug-likeness (QED) is 0.723. The van der Waals surface area contributed by atoms with Crippen LogP contribution in [-0.2, 0) is 6.54 Å². The molecular weight excluding hydrogens is 316 g/mol. The van der Waals surface area contributed by atoms with E-state index in [9.17, 15) is 9.90 Å². The largest absolute Gasteiger partial charge is 0.477 e. The van der Waals surface area contributed by atoms with Gasteiger partial charge < -0.3 is 10.8 Å². The summed E-state index contributed by atoms with van der Waals surface area (Å²) in [6.45, 7) is 0.677. The first-order chi connectivity index (χ1) is 12.2. The van der Waals surface area contributed by atoms with Gasteiger partial charge in [0.05, 0.1) is 17.9 Å². The molecule has 0 bridgehead atoms. The molecule has 1 aromatic carbocycles. The molecule has 6 nitrogen and oxygen atoms in total. The molecule has 2 heterocycles. The molecule has 126 valence electrons. The lowest BCUT2D eigenvalue weighted by Gasteiger charge is -2.01. The lowest BCUT2D eigenvalue weighted by molar-refractivity contribution is 0.0683. The first kappa shape index (κ1) is 16.6. The molecule has 25 heavy (non-hydrogen) atoms. The summed E-state index contributed by atoms with van der Waals surface area (Å²) in [6.07, 6.45) is 5.57. The summed E-state index contributed by atoms with van der Waals surface area (Å²) in [7, 11) is 0. The molecule has 2 aromatic heterocycles. The van der Waals surface area contributed by atoms with Crippen molar-refractivity contribution in [2.45, 2.75) is 6.54 Å². The zero-order valence-corrected chi connectivity index (χ0v) is 13.5. The number of nitrogens with two attached hydrogens (primary N) is 1. The third-order valence-corrected chi connectivity index (χ3v) is 3.66. The van der Waals surface area contributed by atoms with Gasteiger partial charge in [0, 0.05) is 18.3 Å². The van der Waals surface area contributed by atoms with Crippen LogP contribution in [0.25, 0.3) is 23.4 Å². The van der Waals surface area contributed by atoms with Gasteiger partial charge in [-0.05, 0) is 29.8 Å². The minimum Gasteiger partial charge on any atom is -0.477 e. The maximum atomic E-state index is 11.3. The number of nitrogens with zero attached hydrogens (tertiary/aromatic N) is 3. The lowest BCUT2D eigenvalue weighted by atomic mass is 10.1. The van der Waals surface area contributed by atoms with Crippen molar-refractivity contribution < 1.29 is 9.90 Å². The van der Waals surface area contributed by atoms with Crippen LogP contribution in [0.5, 0.6) is 0 Å². The average molecular weight is 334 g/mol. The molecule has 0 radical (unpaired) electrons. The van der Waals surface area contributed by atoms with Crippen molar-refractivity contribution in [2.24, 2.45) is 5.73 Å². The van der Waals surface area contributed by atoms with E-state index >= 15 is 0 Å². The minimum absolute atomic E-state index is 0.124. The average Bonchev–Trinajstić information content (AvgIpc) is 3.06. The van der Waals surface area contributed by atoms with Gasteiger partial charge in [-0.15, -0.1) is 0 Å². The Bertz CT molecular complexity index is 901. The van der Waals surface area contributed by atoms with Gasteiger partial charge in [0.1, 0.15) is 5.69 Å². The monoisotopic (exact) mass is 334 g/mol. The zero-order chi connectivity index (χ0) is 17.6. The van der Waals surface area contributed by atoms with Crippen LogP contribution < -0.4 is 5.73 Å². The Balaban J connectivity index is 1.90. The summed E-state index contributed by atoms with van der Waals surface area (Å²) in [4.78, 5) is 15.7. The first-order valence-corrected chi connectivity index (χ1v) is 7.88. The van der Waals surface area contributed by atoms with Crippen LogP contribution in [0.15, 0.2) is 54.7 Å². The predicted molar refractivity (Wildman–Crippen MR) is 96.8 cm³/mol. The second-order valence-electron chi connectivity index (χ2n) is 5.45. The van der Waals surface area contributed by atoms with E-state index in [2.05, 4.69) is 10.1 Å². The van der Waals surface area contributed by atoms with E-state index in [0.717, 1.165) is 16.8 Å². The van der Waals surface area contributed by atoms with Crippen molar-refractivity contribution in [3.05, 3.63) is 71.7 Å². The van der Waals surface area contributed by atoms with Crippen LogP contribution in [0, 0.1) is 0 Å². The van der Waals surface area contributed by atoms with Gasteiger partial charge in [0.15, 0.2) is 0 Å². The van der Waals surface area contributed by atoms with Crippen LogP contribution in [0.4, 0.5) is 0 Å². The molecule has 0 aliphatic heterocycles. The van der Waals surface area contributed by atoms with Crippen molar-refractivity contribution >= 4 is 18.1 Å². The summed E-state index contributed by atoms with van der Waals surface area (Å²) in [5, 5.41) is 13.6. The normalized spacial score (nSPS) is 11.1. The van der Waals surface area contributed by atoms with Gasteiger partial charge in [0.2, 0.25) is 0 Å². The second kappa shape index (κ2) is 7.55. The minimum atomic E-state index is -1.02. The van der Waals surface area contributed by atoms with Gasteiger partial charge >= 0.3 is 5.97 Å². The van der Waals surface area contributed by atoms with Crippen molar-refractivity contribution in [3.63, 3.8) is 0 Å². The molecule has 3 rings (SSSR count). The number of carboxylic acid groups (broad SMARTS) is 1. The highest BCUT2D eigenvalue weighted by molar-refractivity contribution is 5.87. The van der Waals surface area contributed by atoms with Crippen LogP contribution in [0.3, 0.4) is 0 Å². The highest BCUT2D eigenvalue weighted by Crippen LogP contribution is 2.20. The van der Waals surface area contributed by atoms with Gasteiger partial charge in [0.25, 0.3) is 0 Å². The van der Waals surface area contributed by atoms with Crippen LogP contribution in [-0.4, -0.2) is 32.4 Å². The maximum absolute atomic E-state index is 11.3. The summed E-state index contributed by atoms with van der Waals surface area (Å²) >= 11 is 0. The van der Waals surface area contributed by atoms with Gasteiger partial charge in [-0.3, -0.25) is 9.67 Å². The number of hydrogen-bond donors (Lipinski definition) is 2. The Labute approximate surface area is 145 Å². The molecule has 0 unspecified atom stereocenters. The molecule has 0 spiro atoms. The van der Waals surface area contributed by atoms with Crippen molar-refractivity contribution in [3.8, 4) is 11.3 Å². The number of aromatic carboxylic acids is 1. The number of rotatable bonds is 6. The van der Waals surface area contributed by atoms with E-state index in [4.69, 9.17) is 5.73 Å². The maximum Gasteiger partial charge on any atom is 0.354 e. The number of pyridine rings is 1. The molecule has 0 fully saturated rings. The van der Waals surface area contributed by atoms with Gasteiger partial charge in [-0.25, -0.2) is 4.79 Å². The molecule has 0 aliphatic carbocycles. The van der Waals surface area contributed by atoms with E-state index in [1.165, 1.54) is 4.68 Å². The number of hydrogen-bond acceptors (Lipinski definition) is 4. The molecule has 3 N–H and O–H groups in total. The molecule has 3 aromatic rings. The Kier molecular flexibility index (Phi) is 5.01. The Hall–Kier alpha value is -3.25. The first-order valence-electron chi connectivity index (χ1n) is 7.88. The summed E-state index contributed by atoms with van der Waals surface area (Å²) < 4.78 is 1.41. The van der Waals surface area contributed by atoms with Gasteiger partial charge in [-0.2, -0.15) is 5.10 Å². The Morgan fingerprint density at radius 3 is 2.68 bits per heavy atom. The van der Waals surface area contributed by atoms with Crippen LogP contribution in [0.1, 0.15) is 21.7 Å². The number of carboxylic acids is 1. The van der Waals surface area contributed by atoms with Gasteiger partial charge in [-0.1, -0.05) is 36.4 Å². The van der Waals surface area contributed by atoms with E-state index in [0.29, 0.717) is 18.8 Å². The van der Waals surface area contributed by atoms with E-state index in [-0.39, 0.29) is 5.69 Å². The smallest absolute Gasteiger partial charge is 0.354 e. The van der Waals surface area contributed by atoms with Crippen LogP contribution >= 0.6 is 0 Å². The van der Waals surface area contributed by atoms with Crippen LogP contribution in [0.2, 0.25) is 0 Å². The molecule has 0 aliphatic rings. The summed E-state index contributed by atoms with van der Waals surface area (Å²) in [6, 6.07) is 15.2. The molecule has 0 saturated heterocycles. The third kappa shape index (κ3) is 3.99. The number of benzene rings is 1. The molecule has 0 amide bonds. The van der Waals surface area contributed by atoms with E-state index in [1.54, 1.807) is 18.3 Å². The highest BCUT2D eigenvalue weighted by atomic mass is 16.4. The summed E-state index contributed by atoms with van der Waals surface area (Å²) in [5.74, 6) is -1.02. The number of carbonyl (C=O) groups is 1. The number of aromatic nitrogens is 3. The molecule has 0 saturated carbocycles. The fraction of sp³-hybridized carbons (Fsp3) is 0.105. The SMILES string of the molecule is NCCn1nc(-c2ccnc(C=Cc3ccccc3)c2)cc1C(=O)O. The van der Waals surface area contributed by atoms with Crippen molar-refractivity contribution in [1.29, 1.82) is 0 Å². The third-order valence-electron chi connectivity index (χ3n) is 3.66. The molecular formula is C19H18N4O2.